The molecule has 4 nitrogen and oxygen atoms in total. The van der Waals surface area contributed by atoms with Crippen molar-refractivity contribution < 1.29 is 9.53 Å². The average molecular weight is 401 g/mol. The van der Waals surface area contributed by atoms with Crippen molar-refractivity contribution in [2.75, 3.05) is 39.9 Å². The summed E-state index contributed by atoms with van der Waals surface area (Å²) in [5, 5.41) is 3.94. The summed E-state index contributed by atoms with van der Waals surface area (Å²) in [4.78, 5) is 15.6. The van der Waals surface area contributed by atoms with Crippen LogP contribution in [0.25, 0.3) is 0 Å². The number of halogens is 2. The monoisotopic (exact) mass is 400 g/mol. The normalized spacial score (nSPS) is 20.5. The summed E-state index contributed by atoms with van der Waals surface area (Å²) < 4.78 is 5.57. The van der Waals surface area contributed by atoms with Crippen LogP contribution in [0.1, 0.15) is 37.7 Å². The van der Waals surface area contributed by atoms with E-state index >= 15 is 0 Å². The molecule has 0 saturated carbocycles. The van der Waals surface area contributed by atoms with Crippen LogP contribution in [0.4, 0.5) is 0 Å². The highest BCUT2D eigenvalue weighted by Crippen LogP contribution is 2.38. The van der Waals surface area contributed by atoms with Crippen LogP contribution in [-0.4, -0.2) is 50.7 Å². The number of piperidine rings is 1. The molecule has 0 bridgehead atoms. The Morgan fingerprint density at radius 1 is 1.23 bits per heavy atom. The van der Waals surface area contributed by atoms with E-state index in [1.54, 1.807) is 0 Å². The highest BCUT2D eigenvalue weighted by atomic mass is 35.5. The van der Waals surface area contributed by atoms with E-state index in [0.717, 1.165) is 56.8 Å². The number of hydrogen-bond donors (Lipinski definition) is 1. The van der Waals surface area contributed by atoms with Crippen molar-refractivity contribution in [1.82, 2.24) is 10.2 Å². The predicted octanol–water partition coefficient (Wildman–Crippen LogP) is 3.66. The van der Waals surface area contributed by atoms with Crippen molar-refractivity contribution in [1.29, 1.82) is 0 Å². The fraction of sp³-hybridized carbons (Fsp3) is 0.650. The molecular formula is C20H30Cl2N2O2. The number of benzene rings is 1. The maximum atomic E-state index is 13.5. The molecule has 2 fully saturated rings. The number of amides is 1. The van der Waals surface area contributed by atoms with E-state index in [1.165, 1.54) is 6.42 Å². The summed E-state index contributed by atoms with van der Waals surface area (Å²) >= 11 is 6.06. The van der Waals surface area contributed by atoms with Gasteiger partial charge in [-0.05, 0) is 69.3 Å². The van der Waals surface area contributed by atoms with Crippen molar-refractivity contribution in [3.63, 3.8) is 0 Å². The number of ether oxygens (including phenoxy) is 1. The molecule has 2 heterocycles. The van der Waals surface area contributed by atoms with Gasteiger partial charge in [-0.2, -0.15) is 0 Å². The zero-order valence-electron chi connectivity index (χ0n) is 15.5. The summed E-state index contributed by atoms with van der Waals surface area (Å²) in [7, 11) is 2.00. The molecule has 0 radical (unpaired) electrons. The van der Waals surface area contributed by atoms with E-state index in [2.05, 4.69) is 10.2 Å². The maximum Gasteiger partial charge on any atom is 0.233 e. The smallest absolute Gasteiger partial charge is 0.233 e. The standard InChI is InChI=1S/C20H29ClN2O2.ClH/c1-22-11-6-16-7-12-23(13-8-16)19(24)20(9-14-25-15-10-20)17-2-4-18(21)5-3-17;/h2-5,16,22H,6-15H2,1H3;1H. The van der Waals surface area contributed by atoms with E-state index in [1.807, 2.05) is 31.3 Å². The topological polar surface area (TPSA) is 41.6 Å². The lowest BCUT2D eigenvalue weighted by Crippen LogP contribution is -2.52. The summed E-state index contributed by atoms with van der Waals surface area (Å²) in [6.45, 7) is 4.11. The number of nitrogens with one attached hydrogen (secondary N) is 1. The summed E-state index contributed by atoms with van der Waals surface area (Å²) in [5.74, 6) is 1.02. The van der Waals surface area contributed by atoms with Crippen molar-refractivity contribution in [3.05, 3.63) is 34.9 Å². The van der Waals surface area contributed by atoms with E-state index in [9.17, 15) is 4.79 Å². The van der Waals surface area contributed by atoms with Crippen molar-refractivity contribution in [2.45, 2.75) is 37.5 Å². The molecular weight excluding hydrogens is 371 g/mol. The highest BCUT2D eigenvalue weighted by molar-refractivity contribution is 6.30. The number of rotatable bonds is 5. The first-order chi connectivity index (χ1) is 12.2. The van der Waals surface area contributed by atoms with Gasteiger partial charge in [0.2, 0.25) is 5.91 Å². The third kappa shape index (κ3) is 4.72. The second-order valence-corrected chi connectivity index (χ2v) is 7.77. The molecule has 2 aliphatic rings. The third-order valence-electron chi connectivity index (χ3n) is 5.86. The van der Waals surface area contributed by atoms with Gasteiger partial charge in [0.15, 0.2) is 0 Å². The van der Waals surface area contributed by atoms with Crippen LogP contribution in [0.5, 0.6) is 0 Å². The van der Waals surface area contributed by atoms with E-state index in [4.69, 9.17) is 16.3 Å². The third-order valence-corrected chi connectivity index (χ3v) is 6.11. The second kappa shape index (κ2) is 9.93. The molecule has 6 heteroatoms. The molecule has 146 valence electrons. The minimum atomic E-state index is -0.444. The SMILES string of the molecule is CNCCC1CCN(C(=O)C2(c3ccc(Cl)cc3)CCOCC2)CC1.Cl. The number of likely N-dealkylation sites (tertiary alicyclic amines) is 1. The van der Waals surface area contributed by atoms with Gasteiger partial charge in [0.1, 0.15) is 0 Å². The van der Waals surface area contributed by atoms with Crippen molar-refractivity contribution in [3.8, 4) is 0 Å². The van der Waals surface area contributed by atoms with Gasteiger partial charge in [0, 0.05) is 31.3 Å². The molecule has 0 spiro atoms. The Balaban J connectivity index is 0.00000243. The van der Waals surface area contributed by atoms with Crippen LogP contribution in [0.3, 0.4) is 0 Å². The first kappa shape index (κ1) is 21.5. The predicted molar refractivity (Wildman–Crippen MR) is 108 cm³/mol. The lowest BCUT2D eigenvalue weighted by atomic mass is 9.72. The Kier molecular flexibility index (Phi) is 8.21. The largest absolute Gasteiger partial charge is 0.381 e. The minimum Gasteiger partial charge on any atom is -0.381 e. The molecule has 0 aromatic heterocycles. The van der Waals surface area contributed by atoms with Gasteiger partial charge in [-0.25, -0.2) is 0 Å². The molecule has 2 saturated heterocycles. The van der Waals surface area contributed by atoms with Gasteiger partial charge in [0.05, 0.1) is 5.41 Å². The summed E-state index contributed by atoms with van der Waals surface area (Å²) in [5.41, 5.74) is 0.642. The molecule has 0 unspecified atom stereocenters. The molecule has 0 aliphatic carbocycles. The van der Waals surface area contributed by atoms with Gasteiger partial charge in [-0.1, -0.05) is 23.7 Å². The summed E-state index contributed by atoms with van der Waals surface area (Å²) in [6, 6.07) is 7.83. The zero-order chi connectivity index (χ0) is 17.7. The van der Waals surface area contributed by atoms with Crippen LogP contribution in [0.2, 0.25) is 5.02 Å². The van der Waals surface area contributed by atoms with Crippen molar-refractivity contribution in [2.24, 2.45) is 5.92 Å². The first-order valence-corrected chi connectivity index (χ1v) is 9.81. The minimum absolute atomic E-state index is 0. The van der Waals surface area contributed by atoms with Gasteiger partial charge < -0.3 is 15.0 Å². The van der Waals surface area contributed by atoms with Gasteiger partial charge >= 0.3 is 0 Å². The fourth-order valence-electron chi connectivity index (χ4n) is 4.19. The van der Waals surface area contributed by atoms with Gasteiger partial charge in [-0.15, -0.1) is 12.4 Å². The lowest BCUT2D eigenvalue weighted by Gasteiger charge is -2.42. The molecule has 2 aliphatic heterocycles. The lowest BCUT2D eigenvalue weighted by molar-refractivity contribution is -0.142. The highest BCUT2D eigenvalue weighted by Gasteiger charge is 2.44. The second-order valence-electron chi connectivity index (χ2n) is 7.33. The van der Waals surface area contributed by atoms with Crippen LogP contribution in [0.15, 0.2) is 24.3 Å². The number of carbonyl (C=O) groups is 1. The quantitative estimate of drug-likeness (QED) is 0.819. The molecule has 1 aromatic rings. The van der Waals surface area contributed by atoms with Gasteiger partial charge in [-0.3, -0.25) is 4.79 Å². The van der Waals surface area contributed by atoms with Gasteiger partial charge in [0.25, 0.3) is 0 Å². The van der Waals surface area contributed by atoms with Crippen LogP contribution < -0.4 is 5.32 Å². The fourth-order valence-corrected chi connectivity index (χ4v) is 4.32. The number of carbonyl (C=O) groups excluding carboxylic acids is 1. The maximum absolute atomic E-state index is 13.5. The molecule has 0 atom stereocenters. The van der Waals surface area contributed by atoms with Crippen LogP contribution in [-0.2, 0) is 14.9 Å². The Morgan fingerprint density at radius 3 is 2.42 bits per heavy atom. The first-order valence-electron chi connectivity index (χ1n) is 9.43. The Morgan fingerprint density at radius 2 is 1.85 bits per heavy atom. The molecule has 1 aromatic carbocycles. The molecule has 26 heavy (non-hydrogen) atoms. The number of nitrogens with zero attached hydrogens (tertiary/aromatic N) is 1. The van der Waals surface area contributed by atoms with E-state index in [0.29, 0.717) is 18.2 Å². The van der Waals surface area contributed by atoms with Crippen molar-refractivity contribution >= 4 is 29.9 Å². The molecule has 1 N–H and O–H groups in total. The Labute approximate surface area is 168 Å². The van der Waals surface area contributed by atoms with Crippen LogP contribution >= 0.6 is 24.0 Å². The summed E-state index contributed by atoms with van der Waals surface area (Å²) in [6.07, 6.45) is 4.94. The average Bonchev–Trinajstić information content (AvgIpc) is 2.67. The Bertz CT molecular complexity index is 566. The van der Waals surface area contributed by atoms with E-state index < -0.39 is 5.41 Å². The van der Waals surface area contributed by atoms with E-state index in [-0.39, 0.29) is 18.3 Å². The molecule has 3 rings (SSSR count). The zero-order valence-corrected chi connectivity index (χ0v) is 17.1. The molecule has 1 amide bonds. The number of hydrogen-bond acceptors (Lipinski definition) is 3. The van der Waals surface area contributed by atoms with Crippen LogP contribution in [0, 0.1) is 5.92 Å². The Hall–Kier alpha value is -0.810.